The highest BCUT2D eigenvalue weighted by Crippen LogP contribution is 2.37. The summed E-state index contributed by atoms with van der Waals surface area (Å²) in [6.07, 6.45) is 0. The van der Waals surface area contributed by atoms with E-state index < -0.39 is 0 Å². The van der Waals surface area contributed by atoms with Crippen LogP contribution in [0.4, 0.5) is 5.13 Å². The Labute approximate surface area is 202 Å². The molecular formula is C22H18N4O6S2. The SMILES string of the molecule is COc1ccc(-c2csc(NC(=O)CSc3nnc(-c4ccc5c(c4)OCO5)o3)n2)c(OC)c1. The molecule has 12 heteroatoms. The second kappa shape index (κ2) is 9.61. The van der Waals surface area contributed by atoms with Crippen molar-refractivity contribution in [1.82, 2.24) is 15.2 Å². The molecule has 1 aliphatic heterocycles. The largest absolute Gasteiger partial charge is 0.497 e. The smallest absolute Gasteiger partial charge is 0.277 e. The second-order valence-corrected chi connectivity index (χ2v) is 8.67. The normalized spacial score (nSPS) is 11.9. The Morgan fingerprint density at radius 1 is 1.12 bits per heavy atom. The van der Waals surface area contributed by atoms with Crippen molar-refractivity contribution in [2.75, 3.05) is 32.1 Å². The Bertz CT molecular complexity index is 1340. The molecule has 0 bridgehead atoms. The average Bonchev–Trinajstić information content (AvgIpc) is 3.62. The first kappa shape index (κ1) is 22.0. The van der Waals surface area contributed by atoms with Crippen LogP contribution in [-0.2, 0) is 4.79 Å². The number of fused-ring (bicyclic) bond motifs is 1. The van der Waals surface area contributed by atoms with Crippen LogP contribution in [0.3, 0.4) is 0 Å². The molecule has 0 radical (unpaired) electrons. The predicted molar refractivity (Wildman–Crippen MR) is 126 cm³/mol. The van der Waals surface area contributed by atoms with Gasteiger partial charge in [-0.3, -0.25) is 4.79 Å². The van der Waals surface area contributed by atoms with Crippen LogP contribution in [0.5, 0.6) is 23.0 Å². The van der Waals surface area contributed by atoms with E-state index in [4.69, 9.17) is 23.4 Å². The number of benzene rings is 2. The van der Waals surface area contributed by atoms with Crippen LogP contribution >= 0.6 is 23.1 Å². The fourth-order valence-corrected chi connectivity index (χ4v) is 4.45. The van der Waals surface area contributed by atoms with Crippen molar-refractivity contribution < 1.29 is 28.2 Å². The predicted octanol–water partition coefficient (Wildman–Crippen LogP) is 4.34. The number of hydrogen-bond donors (Lipinski definition) is 1. The fraction of sp³-hybridized carbons (Fsp3) is 0.182. The molecule has 1 aliphatic rings. The summed E-state index contributed by atoms with van der Waals surface area (Å²) in [5.74, 6) is 2.79. The Morgan fingerprint density at radius 2 is 2.00 bits per heavy atom. The number of thiazole rings is 1. The van der Waals surface area contributed by atoms with Crippen LogP contribution in [0, 0.1) is 0 Å². The summed E-state index contributed by atoms with van der Waals surface area (Å²) < 4.78 is 27.0. The van der Waals surface area contributed by atoms with Gasteiger partial charge in [0.25, 0.3) is 5.22 Å². The third kappa shape index (κ3) is 4.63. The Morgan fingerprint density at radius 3 is 2.85 bits per heavy atom. The van der Waals surface area contributed by atoms with E-state index >= 15 is 0 Å². The highest BCUT2D eigenvalue weighted by atomic mass is 32.2. The van der Waals surface area contributed by atoms with Gasteiger partial charge in [-0.25, -0.2) is 4.98 Å². The molecule has 0 fully saturated rings. The van der Waals surface area contributed by atoms with Crippen molar-refractivity contribution in [2.45, 2.75) is 5.22 Å². The number of rotatable bonds is 8. The lowest BCUT2D eigenvalue weighted by atomic mass is 10.1. The number of amides is 1. The molecule has 1 amide bonds. The van der Waals surface area contributed by atoms with Gasteiger partial charge in [-0.2, -0.15) is 0 Å². The maximum Gasteiger partial charge on any atom is 0.277 e. The van der Waals surface area contributed by atoms with Crippen molar-refractivity contribution in [3.8, 4) is 45.7 Å². The average molecular weight is 499 g/mol. The molecule has 0 aliphatic carbocycles. The minimum absolute atomic E-state index is 0.0868. The molecule has 174 valence electrons. The summed E-state index contributed by atoms with van der Waals surface area (Å²) >= 11 is 2.46. The molecule has 34 heavy (non-hydrogen) atoms. The molecule has 0 unspecified atom stereocenters. The van der Waals surface area contributed by atoms with Gasteiger partial charge in [0.1, 0.15) is 11.5 Å². The van der Waals surface area contributed by atoms with Crippen molar-refractivity contribution in [3.63, 3.8) is 0 Å². The monoisotopic (exact) mass is 498 g/mol. The van der Waals surface area contributed by atoms with E-state index in [1.54, 1.807) is 38.5 Å². The first-order valence-corrected chi connectivity index (χ1v) is 11.8. The summed E-state index contributed by atoms with van der Waals surface area (Å²) in [5.41, 5.74) is 2.20. The molecular weight excluding hydrogens is 480 g/mol. The third-order valence-corrected chi connectivity index (χ3v) is 6.36. The zero-order valence-corrected chi connectivity index (χ0v) is 19.7. The molecule has 5 rings (SSSR count). The highest BCUT2D eigenvalue weighted by Gasteiger charge is 2.18. The number of nitrogens with one attached hydrogen (secondary N) is 1. The fourth-order valence-electron chi connectivity index (χ4n) is 3.16. The summed E-state index contributed by atoms with van der Waals surface area (Å²) in [7, 11) is 3.18. The van der Waals surface area contributed by atoms with Gasteiger partial charge in [0.2, 0.25) is 18.6 Å². The number of aromatic nitrogens is 3. The number of methoxy groups -OCH3 is 2. The van der Waals surface area contributed by atoms with Gasteiger partial charge in [0, 0.05) is 22.6 Å². The van der Waals surface area contributed by atoms with Gasteiger partial charge in [-0.15, -0.1) is 21.5 Å². The Kier molecular flexibility index (Phi) is 6.23. The second-order valence-electron chi connectivity index (χ2n) is 6.88. The third-order valence-electron chi connectivity index (χ3n) is 4.79. The number of hydrogen-bond acceptors (Lipinski definition) is 11. The van der Waals surface area contributed by atoms with E-state index in [0.717, 1.165) is 17.3 Å². The molecule has 0 atom stereocenters. The quantitative estimate of drug-likeness (QED) is 0.352. The summed E-state index contributed by atoms with van der Waals surface area (Å²) in [6, 6.07) is 10.8. The molecule has 1 N–H and O–H groups in total. The zero-order valence-electron chi connectivity index (χ0n) is 18.1. The van der Waals surface area contributed by atoms with Crippen molar-refractivity contribution in [1.29, 1.82) is 0 Å². The first-order chi connectivity index (χ1) is 16.6. The number of carbonyl (C=O) groups is 1. The van der Waals surface area contributed by atoms with Gasteiger partial charge >= 0.3 is 0 Å². The Balaban J connectivity index is 1.19. The molecule has 0 saturated carbocycles. The van der Waals surface area contributed by atoms with Crippen molar-refractivity contribution >= 4 is 34.1 Å². The standard InChI is InChI=1S/C22H18N4O6S2/c1-28-13-4-5-14(17(8-13)29-2)15-9-33-21(23-15)24-19(27)10-34-22-26-25-20(32-22)12-3-6-16-18(7-12)31-11-30-16/h3-9H,10-11H2,1-2H3,(H,23,24,27). The van der Waals surface area contributed by atoms with Crippen LogP contribution in [-0.4, -0.2) is 47.9 Å². The molecule has 2 aromatic carbocycles. The topological polar surface area (TPSA) is 118 Å². The lowest BCUT2D eigenvalue weighted by molar-refractivity contribution is -0.113. The maximum absolute atomic E-state index is 12.4. The van der Waals surface area contributed by atoms with E-state index in [2.05, 4.69) is 20.5 Å². The minimum atomic E-state index is -0.240. The van der Waals surface area contributed by atoms with Gasteiger partial charge < -0.3 is 28.7 Å². The number of carbonyl (C=O) groups excluding carboxylic acids is 1. The zero-order chi connectivity index (χ0) is 23.5. The van der Waals surface area contributed by atoms with E-state index in [9.17, 15) is 4.79 Å². The van der Waals surface area contributed by atoms with Gasteiger partial charge in [-0.05, 0) is 30.3 Å². The molecule has 3 heterocycles. The number of nitrogens with zero attached hydrogens (tertiary/aromatic N) is 3. The van der Waals surface area contributed by atoms with Gasteiger partial charge in [0.05, 0.1) is 25.7 Å². The van der Waals surface area contributed by atoms with E-state index in [0.29, 0.717) is 45.3 Å². The number of ether oxygens (including phenoxy) is 4. The van der Waals surface area contributed by atoms with Gasteiger partial charge in [-0.1, -0.05) is 11.8 Å². The van der Waals surface area contributed by atoms with Crippen LogP contribution in [0.1, 0.15) is 0 Å². The van der Waals surface area contributed by atoms with E-state index in [1.807, 2.05) is 17.5 Å². The van der Waals surface area contributed by atoms with E-state index in [-0.39, 0.29) is 23.7 Å². The molecule has 0 spiro atoms. The van der Waals surface area contributed by atoms with Crippen LogP contribution in [0.25, 0.3) is 22.7 Å². The number of anilines is 1. The summed E-state index contributed by atoms with van der Waals surface area (Å²) in [4.78, 5) is 16.9. The van der Waals surface area contributed by atoms with Crippen molar-refractivity contribution in [3.05, 3.63) is 41.8 Å². The van der Waals surface area contributed by atoms with Crippen LogP contribution < -0.4 is 24.3 Å². The highest BCUT2D eigenvalue weighted by molar-refractivity contribution is 7.99. The first-order valence-electron chi connectivity index (χ1n) is 9.97. The minimum Gasteiger partial charge on any atom is -0.497 e. The summed E-state index contributed by atoms with van der Waals surface area (Å²) in [5, 5.41) is 13.4. The van der Waals surface area contributed by atoms with Crippen molar-refractivity contribution in [2.24, 2.45) is 0 Å². The molecule has 4 aromatic rings. The molecule has 0 saturated heterocycles. The molecule has 10 nitrogen and oxygen atoms in total. The lowest BCUT2D eigenvalue weighted by Gasteiger charge is -2.08. The van der Waals surface area contributed by atoms with Crippen LogP contribution in [0.2, 0.25) is 0 Å². The maximum atomic E-state index is 12.4. The van der Waals surface area contributed by atoms with E-state index in [1.165, 1.54) is 11.3 Å². The molecule has 2 aromatic heterocycles. The lowest BCUT2D eigenvalue weighted by Crippen LogP contribution is -2.13. The number of thioether (sulfide) groups is 1. The van der Waals surface area contributed by atoms with Crippen LogP contribution in [0.15, 0.2) is 51.4 Å². The van der Waals surface area contributed by atoms with Gasteiger partial charge in [0.15, 0.2) is 16.6 Å². The summed E-state index contributed by atoms with van der Waals surface area (Å²) in [6.45, 7) is 0.188. The Hall–Kier alpha value is -3.77.